The molecule has 158 valence electrons. The number of likely N-dealkylation sites (N-methyl/N-ethyl adjacent to an activating group) is 1. The molecule has 1 aromatic carbocycles. The molecule has 0 radical (unpaired) electrons. The number of aromatic nitrogens is 3. The fraction of sp³-hybridized carbons (Fsp3) is 0.500. The van der Waals surface area contributed by atoms with E-state index in [-0.39, 0.29) is 23.2 Å². The highest BCUT2D eigenvalue weighted by atomic mass is 19.4. The number of ether oxygens (including phenoxy) is 1. The zero-order chi connectivity index (χ0) is 21.2. The van der Waals surface area contributed by atoms with Gasteiger partial charge >= 0.3 is 12.8 Å². The van der Waals surface area contributed by atoms with Gasteiger partial charge in [-0.3, -0.25) is 0 Å². The number of likely N-dealkylation sites (tertiary alicyclic amines) is 1. The average Bonchev–Trinajstić information content (AvgIpc) is 2.61. The normalized spacial score (nSPS) is 18.1. The van der Waals surface area contributed by atoms with Crippen LogP contribution in [-0.4, -0.2) is 52.9 Å². The first-order valence-corrected chi connectivity index (χ1v) is 8.96. The van der Waals surface area contributed by atoms with Crippen LogP contribution in [0.25, 0.3) is 11.3 Å². The Kier molecular flexibility index (Phi) is 6.15. The Morgan fingerprint density at radius 3 is 2.62 bits per heavy atom. The van der Waals surface area contributed by atoms with Gasteiger partial charge in [-0.25, -0.2) is 4.98 Å². The molecule has 1 aliphatic heterocycles. The number of anilines is 1. The minimum atomic E-state index is -4.70. The van der Waals surface area contributed by atoms with Crippen molar-refractivity contribution < 1.29 is 26.7 Å². The van der Waals surface area contributed by atoms with Crippen molar-refractivity contribution in [2.24, 2.45) is 0 Å². The molecule has 0 bridgehead atoms. The third-order valence-electron chi connectivity index (χ3n) is 4.60. The molecule has 1 fully saturated rings. The SMILES string of the molecule is Cc1nc(N[C@@H]2CCCN(C)C2)nnc1-c1ccc(C(F)(F)F)cc1OC(F)F. The van der Waals surface area contributed by atoms with Crippen molar-refractivity contribution in [1.82, 2.24) is 20.1 Å². The topological polar surface area (TPSA) is 63.2 Å². The lowest BCUT2D eigenvalue weighted by Crippen LogP contribution is -2.40. The molecule has 0 saturated carbocycles. The van der Waals surface area contributed by atoms with Crippen LogP contribution in [-0.2, 0) is 6.18 Å². The summed E-state index contributed by atoms with van der Waals surface area (Å²) in [5.41, 5.74) is -0.749. The van der Waals surface area contributed by atoms with Gasteiger partial charge in [-0.05, 0) is 51.6 Å². The maximum absolute atomic E-state index is 12.9. The summed E-state index contributed by atoms with van der Waals surface area (Å²) in [6, 6.07) is 2.47. The van der Waals surface area contributed by atoms with Crippen LogP contribution in [0.5, 0.6) is 5.75 Å². The monoisotopic (exact) mass is 417 g/mol. The first-order chi connectivity index (χ1) is 13.6. The molecule has 1 saturated heterocycles. The number of benzene rings is 1. The molecule has 2 heterocycles. The third-order valence-corrected chi connectivity index (χ3v) is 4.60. The molecule has 1 aliphatic rings. The van der Waals surface area contributed by atoms with Gasteiger partial charge in [0.25, 0.3) is 0 Å². The molecule has 2 aromatic rings. The van der Waals surface area contributed by atoms with Crippen LogP contribution in [0.15, 0.2) is 18.2 Å². The van der Waals surface area contributed by atoms with Crippen molar-refractivity contribution in [1.29, 1.82) is 0 Å². The second-order valence-electron chi connectivity index (χ2n) is 6.90. The second-order valence-corrected chi connectivity index (χ2v) is 6.90. The van der Waals surface area contributed by atoms with Crippen LogP contribution in [0.2, 0.25) is 0 Å². The van der Waals surface area contributed by atoms with Gasteiger partial charge in [0.15, 0.2) is 0 Å². The molecule has 11 heteroatoms. The minimum Gasteiger partial charge on any atom is -0.434 e. The lowest BCUT2D eigenvalue weighted by molar-refractivity contribution is -0.138. The summed E-state index contributed by atoms with van der Waals surface area (Å²) in [6.45, 7) is 0.111. The Morgan fingerprint density at radius 1 is 1.24 bits per heavy atom. The van der Waals surface area contributed by atoms with Crippen LogP contribution in [0.3, 0.4) is 0 Å². The van der Waals surface area contributed by atoms with Gasteiger partial charge in [-0.2, -0.15) is 22.0 Å². The highest BCUT2D eigenvalue weighted by molar-refractivity contribution is 5.69. The summed E-state index contributed by atoms with van der Waals surface area (Å²) in [5.74, 6) is -0.363. The maximum atomic E-state index is 12.9. The molecule has 1 aromatic heterocycles. The van der Waals surface area contributed by atoms with Crippen LogP contribution >= 0.6 is 0 Å². The molecule has 0 spiro atoms. The lowest BCUT2D eigenvalue weighted by Gasteiger charge is -2.30. The fourth-order valence-electron chi connectivity index (χ4n) is 3.27. The van der Waals surface area contributed by atoms with Crippen molar-refractivity contribution >= 4 is 5.95 Å². The zero-order valence-corrected chi connectivity index (χ0v) is 15.8. The molecular formula is C18H20F5N5O. The number of hydrogen-bond donors (Lipinski definition) is 1. The molecule has 0 unspecified atom stereocenters. The van der Waals surface area contributed by atoms with Crippen molar-refractivity contribution in [3.8, 4) is 17.0 Å². The van der Waals surface area contributed by atoms with Gasteiger partial charge in [0, 0.05) is 18.2 Å². The number of nitrogens with one attached hydrogen (secondary N) is 1. The Morgan fingerprint density at radius 2 is 2.00 bits per heavy atom. The van der Waals surface area contributed by atoms with E-state index in [0.29, 0.717) is 11.8 Å². The van der Waals surface area contributed by atoms with Crippen molar-refractivity contribution in [2.75, 3.05) is 25.5 Å². The predicted octanol–water partition coefficient (Wildman–Crippen LogP) is 3.97. The summed E-state index contributed by atoms with van der Waals surface area (Å²) in [4.78, 5) is 6.46. The van der Waals surface area contributed by atoms with E-state index in [2.05, 4.69) is 30.1 Å². The number of alkyl halides is 5. The summed E-state index contributed by atoms with van der Waals surface area (Å²) < 4.78 is 68.5. The van der Waals surface area contributed by atoms with E-state index in [0.717, 1.165) is 38.1 Å². The van der Waals surface area contributed by atoms with Gasteiger partial charge in [-0.15, -0.1) is 10.2 Å². The number of hydrogen-bond acceptors (Lipinski definition) is 6. The van der Waals surface area contributed by atoms with Gasteiger partial charge in [0.05, 0.1) is 11.3 Å². The zero-order valence-electron chi connectivity index (χ0n) is 15.8. The van der Waals surface area contributed by atoms with E-state index < -0.39 is 24.1 Å². The minimum absolute atomic E-state index is 0.0419. The van der Waals surface area contributed by atoms with E-state index in [1.54, 1.807) is 6.92 Å². The van der Waals surface area contributed by atoms with E-state index >= 15 is 0 Å². The highest BCUT2D eigenvalue weighted by Crippen LogP contribution is 2.37. The lowest BCUT2D eigenvalue weighted by atomic mass is 10.1. The van der Waals surface area contributed by atoms with Crippen molar-refractivity contribution in [3.63, 3.8) is 0 Å². The first-order valence-electron chi connectivity index (χ1n) is 8.96. The van der Waals surface area contributed by atoms with Crippen LogP contribution < -0.4 is 10.1 Å². The van der Waals surface area contributed by atoms with E-state index in [1.807, 2.05) is 7.05 Å². The van der Waals surface area contributed by atoms with E-state index in [1.165, 1.54) is 0 Å². The highest BCUT2D eigenvalue weighted by Gasteiger charge is 2.32. The van der Waals surface area contributed by atoms with E-state index in [9.17, 15) is 22.0 Å². The summed E-state index contributed by atoms with van der Waals surface area (Å²) in [6.07, 6.45) is -2.73. The number of aryl methyl sites for hydroxylation is 1. The van der Waals surface area contributed by atoms with Gasteiger partial charge in [-0.1, -0.05) is 0 Å². The van der Waals surface area contributed by atoms with Crippen molar-refractivity contribution in [3.05, 3.63) is 29.5 Å². The van der Waals surface area contributed by atoms with Gasteiger partial charge in [0.2, 0.25) is 5.95 Å². The number of halogens is 5. The summed E-state index contributed by atoms with van der Waals surface area (Å²) in [5, 5.41) is 11.1. The molecule has 29 heavy (non-hydrogen) atoms. The molecule has 3 rings (SSSR count). The molecule has 6 nitrogen and oxygen atoms in total. The van der Waals surface area contributed by atoms with Crippen LogP contribution in [0.1, 0.15) is 24.1 Å². The standard InChI is InChI=1S/C18H20F5N5O/c1-10-15(26-27-17(24-10)25-12-4-3-7-28(2)9-12)13-6-5-11(18(21,22)23)8-14(13)29-16(19)20/h5-6,8,12,16H,3-4,7,9H2,1-2H3,(H,24,25,27)/t12-/m1/s1. The molecule has 1 N–H and O–H groups in total. The number of piperidine rings is 1. The number of nitrogens with zero attached hydrogens (tertiary/aromatic N) is 4. The van der Waals surface area contributed by atoms with Gasteiger partial charge in [0.1, 0.15) is 11.4 Å². The van der Waals surface area contributed by atoms with E-state index in [4.69, 9.17) is 0 Å². The third kappa shape index (κ3) is 5.28. The summed E-state index contributed by atoms with van der Waals surface area (Å²) in [7, 11) is 2.01. The Bertz CT molecular complexity index is 861. The molecular weight excluding hydrogens is 397 g/mol. The second kappa shape index (κ2) is 8.44. The quantitative estimate of drug-likeness (QED) is 0.743. The molecule has 1 atom stereocenters. The Labute approximate surface area is 164 Å². The fourth-order valence-corrected chi connectivity index (χ4v) is 3.27. The van der Waals surface area contributed by atoms with Crippen LogP contribution in [0.4, 0.5) is 27.9 Å². The smallest absolute Gasteiger partial charge is 0.416 e. The Hall–Kier alpha value is -2.56. The van der Waals surface area contributed by atoms with Crippen molar-refractivity contribution in [2.45, 2.75) is 38.6 Å². The molecule has 0 amide bonds. The average molecular weight is 417 g/mol. The summed E-state index contributed by atoms with van der Waals surface area (Å²) >= 11 is 0. The first kappa shape index (κ1) is 21.2. The maximum Gasteiger partial charge on any atom is 0.416 e. The predicted molar refractivity (Wildman–Crippen MR) is 95.8 cm³/mol. The molecule has 0 aliphatic carbocycles. The largest absolute Gasteiger partial charge is 0.434 e. The van der Waals surface area contributed by atoms with Gasteiger partial charge < -0.3 is 15.0 Å². The number of rotatable bonds is 5. The Balaban J connectivity index is 1.89. The van der Waals surface area contributed by atoms with Crippen LogP contribution in [0, 0.1) is 6.92 Å².